The second-order valence-electron chi connectivity index (χ2n) is 8.68. The number of hydrogen-bond acceptors (Lipinski definition) is 6. The molecule has 9 heteroatoms. The summed E-state index contributed by atoms with van der Waals surface area (Å²) in [4.78, 5) is 9.61. The van der Waals surface area contributed by atoms with Gasteiger partial charge in [-0.15, -0.1) is 0 Å². The van der Waals surface area contributed by atoms with Crippen LogP contribution in [0.2, 0.25) is 5.02 Å². The normalized spacial score (nSPS) is 15.2. The fourth-order valence-corrected chi connectivity index (χ4v) is 5.00. The smallest absolute Gasteiger partial charge is 0.169 e. The topological polar surface area (TPSA) is 66.5 Å². The van der Waals surface area contributed by atoms with Gasteiger partial charge in [0.25, 0.3) is 0 Å². The number of nitrogens with one attached hydrogen (secondary N) is 1. The summed E-state index contributed by atoms with van der Waals surface area (Å²) >= 11 is 6.26. The van der Waals surface area contributed by atoms with Crippen molar-refractivity contribution >= 4 is 33.4 Å². The van der Waals surface area contributed by atoms with Crippen molar-refractivity contribution in [2.45, 2.75) is 13.6 Å². The molecule has 0 radical (unpaired) electrons. The Balaban J connectivity index is 1.55. The molecule has 2 aromatic heterocycles. The number of hydrogen-bond donors (Lipinski definition) is 1. The second kappa shape index (κ2) is 10.4. The van der Waals surface area contributed by atoms with E-state index in [0.29, 0.717) is 45.4 Å². The fraction of sp³-hybridized carbons (Fsp3) is 0.385. The summed E-state index contributed by atoms with van der Waals surface area (Å²) in [6.45, 7) is 8.07. The van der Waals surface area contributed by atoms with Crippen LogP contribution < -0.4 is 9.47 Å². The SMILES string of the molecule is CCN1CCN(CCOc2cc(CF)c3c(-c4cccc(Cl)c4)nc4[nH]ncc4c3c2OC)CC1. The summed E-state index contributed by atoms with van der Waals surface area (Å²) in [6, 6.07) is 9.12. The number of fused-ring (bicyclic) bond motifs is 3. The minimum Gasteiger partial charge on any atom is -0.492 e. The van der Waals surface area contributed by atoms with E-state index in [1.54, 1.807) is 25.4 Å². The number of methoxy groups -OCH3 is 1. The van der Waals surface area contributed by atoms with Gasteiger partial charge in [-0.05, 0) is 30.3 Å². The molecule has 0 bridgehead atoms. The minimum absolute atomic E-state index is 0.484. The third kappa shape index (κ3) is 4.66. The van der Waals surface area contributed by atoms with Gasteiger partial charge in [-0.25, -0.2) is 9.37 Å². The maximum absolute atomic E-state index is 14.5. The zero-order valence-corrected chi connectivity index (χ0v) is 20.7. The van der Waals surface area contributed by atoms with Crippen molar-refractivity contribution in [3.8, 4) is 22.8 Å². The van der Waals surface area contributed by atoms with Crippen molar-refractivity contribution in [1.29, 1.82) is 0 Å². The lowest BCUT2D eigenvalue weighted by Crippen LogP contribution is -2.47. The number of likely N-dealkylation sites (N-methyl/N-ethyl adjacent to an activating group) is 1. The molecule has 2 aromatic carbocycles. The van der Waals surface area contributed by atoms with Crippen molar-refractivity contribution in [2.75, 3.05) is 53.0 Å². The van der Waals surface area contributed by atoms with Crippen molar-refractivity contribution in [3.63, 3.8) is 0 Å². The number of aromatic nitrogens is 3. The Morgan fingerprint density at radius 3 is 2.63 bits per heavy atom. The Morgan fingerprint density at radius 1 is 1.11 bits per heavy atom. The highest BCUT2D eigenvalue weighted by atomic mass is 35.5. The number of H-pyrrole nitrogens is 1. The summed E-state index contributed by atoms with van der Waals surface area (Å²) in [5.41, 5.74) is 2.47. The quantitative estimate of drug-likeness (QED) is 0.372. The monoisotopic (exact) mass is 497 g/mol. The van der Waals surface area contributed by atoms with Crippen molar-refractivity contribution < 1.29 is 13.9 Å². The van der Waals surface area contributed by atoms with Crippen LogP contribution >= 0.6 is 11.6 Å². The molecule has 0 atom stereocenters. The number of halogens is 2. The zero-order chi connectivity index (χ0) is 24.4. The number of nitrogens with zero attached hydrogens (tertiary/aromatic N) is 4. The van der Waals surface area contributed by atoms with Crippen LogP contribution in [0.3, 0.4) is 0 Å². The Kier molecular flexibility index (Phi) is 7.04. The van der Waals surface area contributed by atoms with Gasteiger partial charge in [-0.3, -0.25) is 10.00 Å². The Labute approximate surface area is 208 Å². The number of aromatic amines is 1. The molecule has 1 saturated heterocycles. The van der Waals surface area contributed by atoms with Gasteiger partial charge in [0.2, 0.25) is 0 Å². The zero-order valence-electron chi connectivity index (χ0n) is 20.0. The lowest BCUT2D eigenvalue weighted by atomic mass is 9.96. The highest BCUT2D eigenvalue weighted by Crippen LogP contribution is 2.45. The van der Waals surface area contributed by atoms with E-state index in [0.717, 1.165) is 55.6 Å². The van der Waals surface area contributed by atoms with Crippen molar-refractivity contribution in [1.82, 2.24) is 25.0 Å². The molecule has 0 unspecified atom stereocenters. The summed E-state index contributed by atoms with van der Waals surface area (Å²) in [6.07, 6.45) is 1.69. The van der Waals surface area contributed by atoms with Crippen LogP contribution in [0, 0.1) is 0 Å². The molecule has 35 heavy (non-hydrogen) atoms. The molecule has 3 heterocycles. The third-order valence-electron chi connectivity index (χ3n) is 6.70. The van der Waals surface area contributed by atoms with Gasteiger partial charge in [0.05, 0.1) is 24.4 Å². The van der Waals surface area contributed by atoms with Crippen LogP contribution in [0.15, 0.2) is 36.5 Å². The highest BCUT2D eigenvalue weighted by Gasteiger charge is 2.23. The van der Waals surface area contributed by atoms with Crippen LogP contribution in [0.4, 0.5) is 4.39 Å². The summed E-state index contributed by atoms with van der Waals surface area (Å²) in [5, 5.41) is 9.85. The van der Waals surface area contributed by atoms with E-state index < -0.39 is 6.67 Å². The van der Waals surface area contributed by atoms with Crippen molar-refractivity contribution in [2.24, 2.45) is 0 Å². The van der Waals surface area contributed by atoms with Crippen molar-refractivity contribution in [3.05, 3.63) is 47.1 Å². The van der Waals surface area contributed by atoms with E-state index in [1.807, 2.05) is 18.2 Å². The molecule has 1 N–H and O–H groups in total. The van der Waals surface area contributed by atoms with Gasteiger partial charge < -0.3 is 14.4 Å². The first kappa shape index (κ1) is 23.8. The lowest BCUT2D eigenvalue weighted by molar-refractivity contribution is 0.120. The number of rotatable bonds is 8. The summed E-state index contributed by atoms with van der Waals surface area (Å²) < 4.78 is 26.5. The minimum atomic E-state index is -0.672. The van der Waals surface area contributed by atoms with E-state index in [9.17, 15) is 4.39 Å². The number of alkyl halides is 1. The predicted octanol–water partition coefficient (Wildman–Crippen LogP) is 4.93. The number of ether oxygens (including phenoxy) is 2. The molecular formula is C26H29ClFN5O2. The molecule has 1 fully saturated rings. The van der Waals surface area contributed by atoms with Crippen LogP contribution in [0.5, 0.6) is 11.5 Å². The first-order chi connectivity index (χ1) is 17.1. The average molecular weight is 498 g/mol. The van der Waals surface area contributed by atoms with E-state index in [1.165, 1.54) is 0 Å². The van der Waals surface area contributed by atoms with Gasteiger partial charge in [0.1, 0.15) is 13.3 Å². The second-order valence-corrected chi connectivity index (χ2v) is 9.11. The number of piperazine rings is 1. The first-order valence-electron chi connectivity index (χ1n) is 11.9. The van der Waals surface area contributed by atoms with E-state index in [4.69, 9.17) is 26.1 Å². The molecule has 0 aliphatic carbocycles. The van der Waals surface area contributed by atoms with E-state index in [-0.39, 0.29) is 0 Å². The molecule has 1 aliphatic heterocycles. The fourth-order valence-electron chi connectivity index (χ4n) is 4.81. The van der Waals surface area contributed by atoms with E-state index in [2.05, 4.69) is 26.9 Å². The first-order valence-corrected chi connectivity index (χ1v) is 12.3. The molecule has 0 amide bonds. The largest absolute Gasteiger partial charge is 0.492 e. The third-order valence-corrected chi connectivity index (χ3v) is 6.93. The standard InChI is InChI=1S/C26H29ClFN5O2/c1-3-32-7-9-33(10-8-32)11-12-35-21-14-18(15-28)22-23(25(21)34-2)20-16-29-31-26(20)30-24(22)17-5-4-6-19(27)13-17/h4-6,13-14,16H,3,7-12,15H2,1-2H3,(H,29,30,31). The van der Waals surface area contributed by atoms with Gasteiger partial charge in [0.15, 0.2) is 17.1 Å². The summed E-state index contributed by atoms with van der Waals surface area (Å²) in [5.74, 6) is 1.07. The Hall–Kier alpha value is -2.94. The molecule has 1 aliphatic rings. The maximum atomic E-state index is 14.5. The van der Waals surface area contributed by atoms with Gasteiger partial charge in [0, 0.05) is 54.1 Å². The molecule has 4 aromatic rings. The maximum Gasteiger partial charge on any atom is 0.169 e. The highest BCUT2D eigenvalue weighted by molar-refractivity contribution is 6.31. The predicted molar refractivity (Wildman–Crippen MR) is 137 cm³/mol. The van der Waals surface area contributed by atoms with Crippen LogP contribution in [-0.4, -0.2) is 78.0 Å². The van der Waals surface area contributed by atoms with Crippen LogP contribution in [0.1, 0.15) is 12.5 Å². The Bertz CT molecular complexity index is 1340. The molecule has 0 saturated carbocycles. The molecule has 184 valence electrons. The van der Waals surface area contributed by atoms with Gasteiger partial charge in [-0.1, -0.05) is 30.7 Å². The average Bonchev–Trinajstić information content (AvgIpc) is 3.37. The van der Waals surface area contributed by atoms with Crippen LogP contribution in [0.25, 0.3) is 33.1 Å². The molecular weight excluding hydrogens is 469 g/mol. The summed E-state index contributed by atoms with van der Waals surface area (Å²) in [7, 11) is 1.60. The van der Waals surface area contributed by atoms with Gasteiger partial charge in [-0.2, -0.15) is 5.10 Å². The number of pyridine rings is 1. The lowest BCUT2D eigenvalue weighted by Gasteiger charge is -2.33. The molecule has 0 spiro atoms. The van der Waals surface area contributed by atoms with E-state index >= 15 is 0 Å². The van der Waals surface area contributed by atoms with Gasteiger partial charge >= 0.3 is 0 Å². The molecule has 5 rings (SSSR count). The Morgan fingerprint density at radius 2 is 1.91 bits per heavy atom. The molecule has 7 nitrogen and oxygen atoms in total. The van der Waals surface area contributed by atoms with Crippen LogP contribution in [-0.2, 0) is 6.67 Å². The number of benzene rings is 2.